The van der Waals surface area contributed by atoms with E-state index in [-0.39, 0.29) is 66.9 Å². The molecule has 4 amide bonds. The van der Waals surface area contributed by atoms with Crippen molar-refractivity contribution in [3.8, 4) is 0 Å². The zero-order chi connectivity index (χ0) is 22.5. The van der Waals surface area contributed by atoms with Crippen LogP contribution in [0.3, 0.4) is 0 Å². The van der Waals surface area contributed by atoms with Gasteiger partial charge in [-0.15, -0.1) is 0 Å². The molecule has 2 unspecified atom stereocenters. The molecule has 2 atom stereocenters. The van der Waals surface area contributed by atoms with Gasteiger partial charge in [0.05, 0.1) is 30.9 Å². The highest BCUT2D eigenvalue weighted by molar-refractivity contribution is 6.05. The van der Waals surface area contributed by atoms with Crippen LogP contribution >= 0.6 is 0 Å². The summed E-state index contributed by atoms with van der Waals surface area (Å²) >= 11 is 0. The number of amides is 4. The van der Waals surface area contributed by atoms with Gasteiger partial charge in [-0.05, 0) is 32.6 Å². The van der Waals surface area contributed by atoms with E-state index in [2.05, 4.69) is 0 Å². The van der Waals surface area contributed by atoms with E-state index in [1.165, 1.54) is 9.80 Å². The van der Waals surface area contributed by atoms with Crippen molar-refractivity contribution in [3.63, 3.8) is 0 Å². The number of likely N-dealkylation sites (N-methyl/N-ethyl adjacent to an activating group) is 1. The Morgan fingerprint density at radius 1 is 1.00 bits per heavy atom. The molecule has 9 nitrogen and oxygen atoms in total. The maximum Gasteiger partial charge on any atom is 0.309 e. The summed E-state index contributed by atoms with van der Waals surface area (Å²) in [5.41, 5.74) is 0. The topological polar surface area (TPSA) is 104 Å². The van der Waals surface area contributed by atoms with Crippen LogP contribution in [0, 0.1) is 17.8 Å². The predicted molar refractivity (Wildman–Crippen MR) is 110 cm³/mol. The number of imide groups is 1. The number of esters is 1. The predicted octanol–water partition coefficient (Wildman–Crippen LogP) is 0.812. The monoisotopic (exact) mass is 435 g/mol. The summed E-state index contributed by atoms with van der Waals surface area (Å²) in [6.07, 6.45) is 4.57. The first-order valence-corrected chi connectivity index (χ1v) is 11.4. The minimum Gasteiger partial charge on any atom is -0.466 e. The Labute approximate surface area is 183 Å². The number of rotatable bonds is 7. The van der Waals surface area contributed by atoms with Gasteiger partial charge in [-0.2, -0.15) is 0 Å². The molecule has 0 aromatic carbocycles. The standard InChI is InChI=1S/C22H33N3O6/c1-3-31-22(30)15-8-11-24(12-9-15)19(27)14-23(2)18(26)10-13-25-20(28)16-6-4-5-7-17(16)21(25)29/h15-17H,3-14H2,1-2H3. The van der Waals surface area contributed by atoms with Crippen molar-refractivity contribution < 1.29 is 28.7 Å². The highest BCUT2D eigenvalue weighted by Crippen LogP contribution is 2.38. The van der Waals surface area contributed by atoms with E-state index in [4.69, 9.17) is 4.74 Å². The number of nitrogens with zero attached hydrogens (tertiary/aromatic N) is 3. The summed E-state index contributed by atoms with van der Waals surface area (Å²) in [4.78, 5) is 66.2. The maximum atomic E-state index is 12.5. The summed E-state index contributed by atoms with van der Waals surface area (Å²) in [5, 5.41) is 0. The first-order valence-electron chi connectivity index (χ1n) is 11.4. The van der Waals surface area contributed by atoms with Gasteiger partial charge in [-0.25, -0.2) is 0 Å². The second kappa shape index (κ2) is 10.2. The van der Waals surface area contributed by atoms with Crippen LogP contribution < -0.4 is 0 Å². The zero-order valence-corrected chi connectivity index (χ0v) is 18.5. The van der Waals surface area contributed by atoms with Gasteiger partial charge in [0.1, 0.15) is 0 Å². The van der Waals surface area contributed by atoms with Crippen molar-refractivity contribution in [2.45, 2.75) is 51.9 Å². The van der Waals surface area contributed by atoms with Gasteiger partial charge in [0, 0.05) is 33.1 Å². The number of ether oxygens (including phenoxy) is 1. The molecule has 2 heterocycles. The number of fused-ring (bicyclic) bond motifs is 1. The van der Waals surface area contributed by atoms with Crippen molar-refractivity contribution >= 4 is 29.6 Å². The molecule has 3 rings (SSSR count). The molecule has 0 N–H and O–H groups in total. The molecule has 0 radical (unpaired) electrons. The van der Waals surface area contributed by atoms with Gasteiger partial charge >= 0.3 is 5.97 Å². The maximum absolute atomic E-state index is 12.5. The third-order valence-electron chi connectivity index (χ3n) is 6.75. The van der Waals surface area contributed by atoms with E-state index in [0.717, 1.165) is 25.7 Å². The Morgan fingerprint density at radius 2 is 1.58 bits per heavy atom. The summed E-state index contributed by atoms with van der Waals surface area (Å²) in [5.74, 6) is -1.56. The van der Waals surface area contributed by atoms with Gasteiger partial charge in [-0.1, -0.05) is 12.8 Å². The van der Waals surface area contributed by atoms with E-state index in [1.807, 2.05) is 0 Å². The van der Waals surface area contributed by atoms with Gasteiger partial charge in [0.25, 0.3) is 0 Å². The Hall–Kier alpha value is -2.45. The second-order valence-corrected chi connectivity index (χ2v) is 8.73. The number of piperidine rings is 1. The van der Waals surface area contributed by atoms with E-state index >= 15 is 0 Å². The van der Waals surface area contributed by atoms with Crippen LogP contribution in [0.5, 0.6) is 0 Å². The lowest BCUT2D eigenvalue weighted by Gasteiger charge is -2.32. The summed E-state index contributed by atoms with van der Waals surface area (Å²) < 4.78 is 5.04. The third kappa shape index (κ3) is 5.25. The highest BCUT2D eigenvalue weighted by atomic mass is 16.5. The van der Waals surface area contributed by atoms with Crippen molar-refractivity contribution in [1.29, 1.82) is 0 Å². The highest BCUT2D eigenvalue weighted by Gasteiger charge is 2.47. The molecule has 2 aliphatic heterocycles. The molecular formula is C22H33N3O6. The Morgan fingerprint density at radius 3 is 2.13 bits per heavy atom. The molecular weight excluding hydrogens is 402 g/mol. The van der Waals surface area contributed by atoms with Crippen molar-refractivity contribution in [1.82, 2.24) is 14.7 Å². The van der Waals surface area contributed by atoms with E-state index in [1.54, 1.807) is 18.9 Å². The van der Waals surface area contributed by atoms with Gasteiger partial charge in [0.2, 0.25) is 23.6 Å². The quantitative estimate of drug-likeness (QED) is 0.433. The molecule has 3 fully saturated rings. The molecule has 2 saturated heterocycles. The smallest absolute Gasteiger partial charge is 0.309 e. The van der Waals surface area contributed by atoms with Crippen LogP contribution in [0.15, 0.2) is 0 Å². The summed E-state index contributed by atoms with van der Waals surface area (Å²) in [6.45, 7) is 3.06. The lowest BCUT2D eigenvalue weighted by molar-refractivity contribution is -0.151. The van der Waals surface area contributed by atoms with Crippen molar-refractivity contribution in [2.24, 2.45) is 17.8 Å². The Kier molecular flexibility index (Phi) is 7.67. The number of carbonyl (C=O) groups is 5. The number of carbonyl (C=O) groups excluding carboxylic acids is 5. The average Bonchev–Trinajstić information content (AvgIpc) is 3.02. The fraction of sp³-hybridized carbons (Fsp3) is 0.773. The fourth-order valence-electron chi connectivity index (χ4n) is 4.87. The molecule has 172 valence electrons. The number of likely N-dealkylation sites (tertiary alicyclic amines) is 2. The van der Waals surface area contributed by atoms with Gasteiger partial charge in [0.15, 0.2) is 0 Å². The van der Waals surface area contributed by atoms with Crippen LogP contribution in [0.25, 0.3) is 0 Å². The lowest BCUT2D eigenvalue weighted by Crippen LogP contribution is -2.46. The van der Waals surface area contributed by atoms with Crippen molar-refractivity contribution in [3.05, 3.63) is 0 Å². The molecule has 0 aromatic heterocycles. The SMILES string of the molecule is CCOC(=O)C1CCN(C(=O)CN(C)C(=O)CCN2C(=O)C3CCCCC3C2=O)CC1. The summed E-state index contributed by atoms with van der Waals surface area (Å²) in [6, 6.07) is 0. The van der Waals surface area contributed by atoms with Crippen LogP contribution in [0.2, 0.25) is 0 Å². The fourth-order valence-corrected chi connectivity index (χ4v) is 4.87. The molecule has 1 aliphatic carbocycles. The van der Waals surface area contributed by atoms with Crippen LogP contribution in [0.4, 0.5) is 0 Å². The second-order valence-electron chi connectivity index (χ2n) is 8.73. The normalized spacial score (nSPS) is 24.2. The summed E-state index contributed by atoms with van der Waals surface area (Å²) in [7, 11) is 1.55. The van der Waals surface area contributed by atoms with Crippen molar-refractivity contribution in [2.75, 3.05) is 39.8 Å². The van der Waals surface area contributed by atoms with Crippen LogP contribution in [-0.2, 0) is 28.7 Å². The molecule has 1 saturated carbocycles. The first-order chi connectivity index (χ1) is 14.8. The Balaban J connectivity index is 1.42. The van der Waals surface area contributed by atoms with Crippen LogP contribution in [0.1, 0.15) is 51.9 Å². The van der Waals surface area contributed by atoms with E-state index < -0.39 is 0 Å². The zero-order valence-electron chi connectivity index (χ0n) is 18.5. The minimum absolute atomic E-state index is 0.0195. The first kappa shape index (κ1) is 23.2. The molecule has 0 bridgehead atoms. The molecule has 3 aliphatic rings. The lowest BCUT2D eigenvalue weighted by atomic mass is 9.81. The van der Waals surface area contributed by atoms with E-state index in [0.29, 0.717) is 32.5 Å². The van der Waals surface area contributed by atoms with Crippen LogP contribution in [-0.4, -0.2) is 84.1 Å². The minimum atomic E-state index is -0.273. The largest absolute Gasteiger partial charge is 0.466 e. The third-order valence-corrected chi connectivity index (χ3v) is 6.75. The molecule has 0 aromatic rings. The number of hydrogen-bond donors (Lipinski definition) is 0. The average molecular weight is 436 g/mol. The molecule has 9 heteroatoms. The van der Waals surface area contributed by atoms with Gasteiger partial charge in [-0.3, -0.25) is 28.9 Å². The van der Waals surface area contributed by atoms with E-state index in [9.17, 15) is 24.0 Å². The van der Waals surface area contributed by atoms with Gasteiger partial charge < -0.3 is 14.5 Å². The molecule has 0 spiro atoms. The Bertz CT molecular complexity index is 707. The molecule has 31 heavy (non-hydrogen) atoms. The number of hydrogen-bond acceptors (Lipinski definition) is 6.